The van der Waals surface area contributed by atoms with Gasteiger partial charge in [0.25, 0.3) is 0 Å². The Morgan fingerprint density at radius 3 is 2.67 bits per heavy atom. The molecular weight excluding hydrogens is 192 g/mol. The maximum Gasteiger partial charge on any atom is 0.120 e. The van der Waals surface area contributed by atoms with E-state index in [9.17, 15) is 5.11 Å². The number of methoxy groups -OCH3 is 1. The Morgan fingerprint density at radius 1 is 1.33 bits per heavy atom. The highest BCUT2D eigenvalue weighted by Gasteiger charge is 2.08. The lowest BCUT2D eigenvalue weighted by molar-refractivity contribution is 0.0641. The van der Waals surface area contributed by atoms with Crippen molar-refractivity contribution >= 4 is 0 Å². The van der Waals surface area contributed by atoms with Gasteiger partial charge in [-0.2, -0.15) is 0 Å². The molecule has 1 unspecified atom stereocenters. The highest BCUT2D eigenvalue weighted by molar-refractivity contribution is 5.30. The van der Waals surface area contributed by atoms with Gasteiger partial charge in [0, 0.05) is 7.11 Å². The molecule has 1 aromatic rings. The van der Waals surface area contributed by atoms with Crippen LogP contribution in [0.15, 0.2) is 24.3 Å². The second-order valence-electron chi connectivity index (χ2n) is 3.71. The number of aliphatic hydroxyl groups excluding tert-OH is 1. The molecule has 1 aromatic carbocycles. The average molecular weight is 210 g/mol. The third-order valence-corrected chi connectivity index (χ3v) is 1.94. The first-order valence-electron chi connectivity index (χ1n) is 5.07. The average Bonchev–Trinajstić information content (AvgIpc) is 2.17. The van der Waals surface area contributed by atoms with Crippen LogP contribution >= 0.6 is 0 Å². The monoisotopic (exact) mass is 210 g/mol. The normalized spacial score (nSPS) is 12.9. The predicted octanol–water partition coefficient (Wildman–Crippen LogP) is 2.15. The fourth-order valence-corrected chi connectivity index (χ4v) is 1.32. The maximum absolute atomic E-state index is 9.70. The smallest absolute Gasteiger partial charge is 0.120 e. The van der Waals surface area contributed by atoms with Crippen LogP contribution in [0.2, 0.25) is 0 Å². The summed E-state index contributed by atoms with van der Waals surface area (Å²) in [6.07, 6.45) is -0.453. The van der Waals surface area contributed by atoms with Gasteiger partial charge < -0.3 is 14.6 Å². The highest BCUT2D eigenvalue weighted by Crippen LogP contribution is 2.20. The summed E-state index contributed by atoms with van der Waals surface area (Å²) in [5.74, 6) is 0.776. The zero-order valence-electron chi connectivity index (χ0n) is 9.43. The molecular formula is C12H18O3. The first kappa shape index (κ1) is 12.0. The van der Waals surface area contributed by atoms with Crippen molar-refractivity contribution in [2.75, 3.05) is 13.7 Å². The molecule has 15 heavy (non-hydrogen) atoms. The first-order valence-corrected chi connectivity index (χ1v) is 5.07. The zero-order valence-corrected chi connectivity index (χ0v) is 9.43. The number of aliphatic hydroxyl groups is 1. The molecule has 0 aliphatic rings. The zero-order chi connectivity index (χ0) is 11.3. The summed E-state index contributed by atoms with van der Waals surface area (Å²) in [5, 5.41) is 9.70. The van der Waals surface area contributed by atoms with Crippen molar-refractivity contribution in [1.82, 2.24) is 0 Å². The van der Waals surface area contributed by atoms with Crippen molar-refractivity contribution in [3.8, 4) is 5.75 Å². The molecule has 0 heterocycles. The molecule has 0 bridgehead atoms. The van der Waals surface area contributed by atoms with Gasteiger partial charge in [0.15, 0.2) is 0 Å². The van der Waals surface area contributed by atoms with Crippen LogP contribution in [0.3, 0.4) is 0 Å². The SMILES string of the molecule is COCC(O)c1cccc(OC(C)C)c1. The Morgan fingerprint density at radius 2 is 2.07 bits per heavy atom. The summed E-state index contributed by atoms with van der Waals surface area (Å²) in [4.78, 5) is 0. The molecule has 0 fully saturated rings. The second kappa shape index (κ2) is 5.73. The number of rotatable bonds is 5. The first-order chi connectivity index (χ1) is 7.13. The minimum atomic E-state index is -0.592. The van der Waals surface area contributed by atoms with Crippen molar-refractivity contribution in [3.05, 3.63) is 29.8 Å². The van der Waals surface area contributed by atoms with E-state index < -0.39 is 6.10 Å². The van der Waals surface area contributed by atoms with Crippen molar-refractivity contribution in [2.24, 2.45) is 0 Å². The highest BCUT2D eigenvalue weighted by atomic mass is 16.5. The van der Waals surface area contributed by atoms with Crippen LogP contribution in [0.5, 0.6) is 5.75 Å². The lowest BCUT2D eigenvalue weighted by Gasteiger charge is -2.13. The number of hydrogen-bond acceptors (Lipinski definition) is 3. The van der Waals surface area contributed by atoms with Crippen molar-refractivity contribution in [2.45, 2.75) is 26.1 Å². The topological polar surface area (TPSA) is 38.7 Å². The summed E-state index contributed by atoms with van der Waals surface area (Å²) < 4.78 is 10.4. The summed E-state index contributed by atoms with van der Waals surface area (Å²) in [6.45, 7) is 4.24. The molecule has 0 aromatic heterocycles. The number of ether oxygens (including phenoxy) is 2. The van der Waals surface area contributed by atoms with Crippen LogP contribution in [0.4, 0.5) is 0 Å². The quantitative estimate of drug-likeness (QED) is 0.809. The van der Waals surface area contributed by atoms with Crippen molar-refractivity contribution in [1.29, 1.82) is 0 Å². The van der Waals surface area contributed by atoms with Crippen LogP contribution in [0.25, 0.3) is 0 Å². The third kappa shape index (κ3) is 3.90. The fraction of sp³-hybridized carbons (Fsp3) is 0.500. The molecule has 0 amide bonds. The molecule has 0 spiro atoms. The van der Waals surface area contributed by atoms with E-state index in [0.717, 1.165) is 11.3 Å². The molecule has 0 saturated carbocycles. The minimum absolute atomic E-state index is 0.139. The molecule has 0 aliphatic heterocycles. The second-order valence-corrected chi connectivity index (χ2v) is 3.71. The molecule has 1 atom stereocenters. The third-order valence-electron chi connectivity index (χ3n) is 1.94. The van der Waals surface area contributed by atoms with Gasteiger partial charge in [-0.25, -0.2) is 0 Å². The van der Waals surface area contributed by atoms with Crippen LogP contribution in [0.1, 0.15) is 25.5 Å². The van der Waals surface area contributed by atoms with Gasteiger partial charge >= 0.3 is 0 Å². The van der Waals surface area contributed by atoms with Crippen LogP contribution in [0, 0.1) is 0 Å². The molecule has 0 radical (unpaired) electrons. The Kier molecular flexibility index (Phi) is 4.59. The van der Waals surface area contributed by atoms with Gasteiger partial charge in [-0.1, -0.05) is 12.1 Å². The van der Waals surface area contributed by atoms with E-state index in [1.165, 1.54) is 0 Å². The van der Waals surface area contributed by atoms with Crippen LogP contribution < -0.4 is 4.74 Å². The summed E-state index contributed by atoms with van der Waals surface area (Å²) in [5.41, 5.74) is 0.815. The maximum atomic E-state index is 9.70. The largest absolute Gasteiger partial charge is 0.491 e. The van der Waals surface area contributed by atoms with Gasteiger partial charge in [-0.05, 0) is 31.5 Å². The summed E-state index contributed by atoms with van der Waals surface area (Å²) in [7, 11) is 1.57. The Bertz CT molecular complexity index is 297. The number of benzene rings is 1. The molecule has 84 valence electrons. The Hall–Kier alpha value is -1.06. The van der Waals surface area contributed by atoms with Crippen LogP contribution in [-0.2, 0) is 4.74 Å². The van der Waals surface area contributed by atoms with Gasteiger partial charge in [-0.15, -0.1) is 0 Å². The van der Waals surface area contributed by atoms with Gasteiger partial charge in [-0.3, -0.25) is 0 Å². The fourth-order valence-electron chi connectivity index (χ4n) is 1.32. The number of hydrogen-bond donors (Lipinski definition) is 1. The molecule has 3 nitrogen and oxygen atoms in total. The van der Waals surface area contributed by atoms with E-state index in [0.29, 0.717) is 6.61 Å². The molecule has 0 saturated heterocycles. The summed E-state index contributed by atoms with van der Waals surface area (Å²) >= 11 is 0. The lowest BCUT2D eigenvalue weighted by atomic mass is 10.1. The van der Waals surface area contributed by atoms with Crippen molar-refractivity contribution in [3.63, 3.8) is 0 Å². The molecule has 1 rings (SSSR count). The van der Waals surface area contributed by atoms with Gasteiger partial charge in [0.2, 0.25) is 0 Å². The van der Waals surface area contributed by atoms with E-state index in [4.69, 9.17) is 9.47 Å². The van der Waals surface area contributed by atoms with E-state index in [1.807, 2.05) is 38.1 Å². The van der Waals surface area contributed by atoms with Crippen molar-refractivity contribution < 1.29 is 14.6 Å². The van der Waals surface area contributed by atoms with E-state index in [1.54, 1.807) is 7.11 Å². The van der Waals surface area contributed by atoms with E-state index >= 15 is 0 Å². The standard InChI is InChI=1S/C12H18O3/c1-9(2)15-11-6-4-5-10(7-11)12(13)8-14-3/h4-7,9,12-13H,8H2,1-3H3. The summed E-state index contributed by atoms with van der Waals surface area (Å²) in [6, 6.07) is 7.44. The minimum Gasteiger partial charge on any atom is -0.491 e. The van der Waals surface area contributed by atoms with Crippen LogP contribution in [-0.4, -0.2) is 24.9 Å². The molecule has 1 N–H and O–H groups in total. The Balaban J connectivity index is 2.73. The van der Waals surface area contributed by atoms with E-state index in [-0.39, 0.29) is 6.10 Å². The molecule has 3 heteroatoms. The van der Waals surface area contributed by atoms with E-state index in [2.05, 4.69) is 0 Å². The van der Waals surface area contributed by atoms with Gasteiger partial charge in [0.1, 0.15) is 11.9 Å². The Labute approximate surface area is 90.6 Å². The van der Waals surface area contributed by atoms with Gasteiger partial charge in [0.05, 0.1) is 12.7 Å². The molecule has 0 aliphatic carbocycles. The predicted molar refractivity (Wildman–Crippen MR) is 59.0 cm³/mol. The lowest BCUT2D eigenvalue weighted by Crippen LogP contribution is -2.08.